The molecular weight excluding hydrogens is 438 g/mol. The molecule has 0 aliphatic carbocycles. The highest BCUT2D eigenvalue weighted by Gasteiger charge is 2.11. The maximum Gasteiger partial charge on any atom is 0.337 e. The van der Waals surface area contributed by atoms with E-state index in [-0.39, 0.29) is 18.6 Å². The largest absolute Gasteiger partial charge is 0.489 e. The van der Waals surface area contributed by atoms with Crippen LogP contribution in [0.25, 0.3) is 22.1 Å². The van der Waals surface area contributed by atoms with Crippen molar-refractivity contribution in [3.8, 4) is 22.6 Å². The molecule has 174 valence electrons. The number of ether oxygens (including phenoxy) is 3. The Hall–Kier alpha value is -4.14. The van der Waals surface area contributed by atoms with Gasteiger partial charge in [-0.1, -0.05) is 24.3 Å². The van der Waals surface area contributed by atoms with Gasteiger partial charge in [-0.3, -0.25) is 4.79 Å². The molecule has 0 aliphatic heterocycles. The lowest BCUT2D eigenvalue weighted by Gasteiger charge is -2.10. The molecular formula is C26H23NO7. The van der Waals surface area contributed by atoms with Gasteiger partial charge in [0.15, 0.2) is 5.43 Å². The first-order chi connectivity index (χ1) is 16.4. The Morgan fingerprint density at radius 2 is 1.79 bits per heavy atom. The summed E-state index contributed by atoms with van der Waals surface area (Å²) in [7, 11) is 1.33. The molecule has 0 bridgehead atoms. The minimum atomic E-state index is -1.06. The molecule has 1 aromatic heterocycles. The lowest BCUT2D eigenvalue weighted by molar-refractivity contribution is 0.0600. The van der Waals surface area contributed by atoms with Crippen LogP contribution in [0.2, 0.25) is 0 Å². The summed E-state index contributed by atoms with van der Waals surface area (Å²) in [5.41, 5.74) is 7.80. The molecule has 3 aromatic carbocycles. The second-order valence-electron chi connectivity index (χ2n) is 7.52. The SMILES string of the molecule is COC(=O)c1cccc(COc2ccc3c(=O)c(-c4ccc(OCC(N)O)cc4)coc3c2)c1. The highest BCUT2D eigenvalue weighted by atomic mass is 16.5. The number of methoxy groups -OCH3 is 1. The van der Waals surface area contributed by atoms with Crippen molar-refractivity contribution >= 4 is 16.9 Å². The van der Waals surface area contributed by atoms with E-state index in [1.54, 1.807) is 60.7 Å². The minimum Gasteiger partial charge on any atom is -0.489 e. The summed E-state index contributed by atoms with van der Waals surface area (Å²) in [5.74, 6) is 0.634. The second kappa shape index (κ2) is 10.2. The van der Waals surface area contributed by atoms with E-state index in [4.69, 9.17) is 29.5 Å². The van der Waals surface area contributed by atoms with Crippen LogP contribution in [-0.2, 0) is 11.3 Å². The molecule has 0 fully saturated rings. The van der Waals surface area contributed by atoms with Crippen molar-refractivity contribution in [1.29, 1.82) is 0 Å². The maximum atomic E-state index is 13.0. The van der Waals surface area contributed by atoms with Crippen LogP contribution in [-0.4, -0.2) is 31.0 Å². The minimum absolute atomic E-state index is 0.0292. The van der Waals surface area contributed by atoms with E-state index in [1.165, 1.54) is 13.4 Å². The third kappa shape index (κ3) is 5.25. The average Bonchev–Trinajstić information content (AvgIpc) is 2.86. The molecule has 1 unspecified atom stereocenters. The number of hydrogen-bond acceptors (Lipinski definition) is 8. The zero-order valence-electron chi connectivity index (χ0n) is 18.4. The second-order valence-corrected chi connectivity index (χ2v) is 7.52. The molecule has 4 aromatic rings. The van der Waals surface area contributed by atoms with Gasteiger partial charge in [0, 0.05) is 6.07 Å². The normalized spacial score (nSPS) is 11.7. The average molecular weight is 461 g/mol. The topological polar surface area (TPSA) is 121 Å². The van der Waals surface area contributed by atoms with Crippen molar-refractivity contribution in [1.82, 2.24) is 0 Å². The van der Waals surface area contributed by atoms with Gasteiger partial charge in [-0.05, 0) is 47.5 Å². The molecule has 3 N–H and O–H groups in total. The summed E-state index contributed by atoms with van der Waals surface area (Å²) in [6, 6.07) is 18.8. The zero-order valence-corrected chi connectivity index (χ0v) is 18.4. The van der Waals surface area contributed by atoms with Crippen LogP contribution in [0, 0.1) is 0 Å². The quantitative estimate of drug-likeness (QED) is 0.302. The summed E-state index contributed by atoms with van der Waals surface area (Å²) in [5, 5.41) is 9.53. The Bertz CT molecular complexity index is 1360. The first kappa shape index (κ1) is 23.0. The summed E-state index contributed by atoms with van der Waals surface area (Å²) in [6.45, 7) is 0.201. The van der Waals surface area contributed by atoms with E-state index in [9.17, 15) is 9.59 Å². The number of carbonyl (C=O) groups is 1. The number of nitrogens with two attached hydrogens (primary N) is 1. The number of rotatable bonds is 8. The van der Waals surface area contributed by atoms with Crippen molar-refractivity contribution in [2.45, 2.75) is 12.8 Å². The van der Waals surface area contributed by atoms with Gasteiger partial charge in [-0.15, -0.1) is 0 Å². The number of aliphatic hydroxyl groups excluding tert-OH is 1. The summed E-state index contributed by atoms with van der Waals surface area (Å²) < 4.78 is 21.6. The Morgan fingerprint density at radius 1 is 1.03 bits per heavy atom. The van der Waals surface area contributed by atoms with E-state index in [0.717, 1.165) is 5.56 Å². The van der Waals surface area contributed by atoms with Gasteiger partial charge in [0.25, 0.3) is 0 Å². The Balaban J connectivity index is 1.51. The number of aliphatic hydroxyl groups is 1. The Labute approximate surface area is 195 Å². The smallest absolute Gasteiger partial charge is 0.337 e. The monoisotopic (exact) mass is 461 g/mol. The van der Waals surface area contributed by atoms with E-state index in [2.05, 4.69) is 0 Å². The maximum absolute atomic E-state index is 13.0. The number of benzene rings is 3. The molecule has 8 nitrogen and oxygen atoms in total. The lowest BCUT2D eigenvalue weighted by atomic mass is 10.1. The Kier molecular flexibility index (Phi) is 6.91. The van der Waals surface area contributed by atoms with E-state index < -0.39 is 12.2 Å². The van der Waals surface area contributed by atoms with Crippen LogP contribution < -0.4 is 20.6 Å². The predicted octanol–water partition coefficient (Wildman–Crippen LogP) is 3.48. The molecule has 1 heterocycles. The molecule has 0 aliphatic rings. The van der Waals surface area contributed by atoms with E-state index in [0.29, 0.717) is 39.2 Å². The lowest BCUT2D eigenvalue weighted by Crippen LogP contribution is -2.26. The fourth-order valence-electron chi connectivity index (χ4n) is 3.38. The highest BCUT2D eigenvalue weighted by Crippen LogP contribution is 2.25. The van der Waals surface area contributed by atoms with Crippen LogP contribution in [0.4, 0.5) is 0 Å². The van der Waals surface area contributed by atoms with Crippen LogP contribution in [0.3, 0.4) is 0 Å². The van der Waals surface area contributed by atoms with Crippen LogP contribution in [0.1, 0.15) is 15.9 Å². The molecule has 0 saturated heterocycles. The van der Waals surface area contributed by atoms with Gasteiger partial charge in [-0.2, -0.15) is 0 Å². The molecule has 1 atom stereocenters. The first-order valence-electron chi connectivity index (χ1n) is 10.5. The number of hydrogen-bond donors (Lipinski definition) is 2. The molecule has 4 rings (SSSR count). The van der Waals surface area contributed by atoms with Crippen LogP contribution >= 0.6 is 0 Å². The summed E-state index contributed by atoms with van der Waals surface area (Å²) in [4.78, 5) is 24.7. The molecule has 34 heavy (non-hydrogen) atoms. The van der Waals surface area contributed by atoms with Gasteiger partial charge in [0.05, 0.1) is 23.6 Å². The van der Waals surface area contributed by atoms with Crippen molar-refractivity contribution in [2.75, 3.05) is 13.7 Å². The number of esters is 1. The molecule has 0 saturated carbocycles. The zero-order chi connectivity index (χ0) is 24.1. The van der Waals surface area contributed by atoms with Crippen molar-refractivity contribution in [3.05, 3.63) is 94.3 Å². The number of carbonyl (C=O) groups excluding carboxylic acids is 1. The summed E-state index contributed by atoms with van der Waals surface area (Å²) >= 11 is 0. The van der Waals surface area contributed by atoms with Gasteiger partial charge in [-0.25, -0.2) is 4.79 Å². The molecule has 0 amide bonds. The van der Waals surface area contributed by atoms with Gasteiger partial charge in [0.1, 0.15) is 42.8 Å². The van der Waals surface area contributed by atoms with Crippen molar-refractivity contribution in [2.24, 2.45) is 5.73 Å². The van der Waals surface area contributed by atoms with Crippen LogP contribution in [0.15, 0.2) is 82.2 Å². The summed E-state index contributed by atoms with van der Waals surface area (Å²) in [6.07, 6.45) is 0.347. The molecule has 0 spiro atoms. The van der Waals surface area contributed by atoms with E-state index >= 15 is 0 Å². The third-order valence-electron chi connectivity index (χ3n) is 5.09. The standard InChI is InChI=1S/C26H23NO7/c1-31-26(30)18-4-2-3-16(11-18)13-32-20-9-10-21-23(12-20)34-14-22(25(21)29)17-5-7-19(8-6-17)33-15-24(27)28/h2-12,14,24,28H,13,15,27H2,1H3. The van der Waals surface area contributed by atoms with Crippen molar-refractivity contribution < 1.29 is 28.5 Å². The third-order valence-corrected chi connectivity index (χ3v) is 5.09. The fraction of sp³-hybridized carbons (Fsp3) is 0.154. The van der Waals surface area contributed by atoms with Crippen molar-refractivity contribution in [3.63, 3.8) is 0 Å². The predicted molar refractivity (Wildman–Crippen MR) is 126 cm³/mol. The fourth-order valence-corrected chi connectivity index (χ4v) is 3.38. The number of fused-ring (bicyclic) bond motifs is 1. The van der Waals surface area contributed by atoms with E-state index in [1.807, 2.05) is 6.07 Å². The van der Waals surface area contributed by atoms with Gasteiger partial charge < -0.3 is 29.5 Å². The first-order valence-corrected chi connectivity index (χ1v) is 10.5. The molecule has 0 radical (unpaired) electrons. The van der Waals surface area contributed by atoms with Gasteiger partial charge in [0.2, 0.25) is 0 Å². The highest BCUT2D eigenvalue weighted by molar-refractivity contribution is 5.89. The van der Waals surface area contributed by atoms with Gasteiger partial charge >= 0.3 is 5.97 Å². The van der Waals surface area contributed by atoms with Crippen LogP contribution in [0.5, 0.6) is 11.5 Å². The Morgan fingerprint density at radius 3 is 2.53 bits per heavy atom. The molecule has 8 heteroatoms.